The first-order valence-electron chi connectivity index (χ1n) is 9.72. The van der Waals surface area contributed by atoms with Crippen molar-refractivity contribution in [3.63, 3.8) is 0 Å². The van der Waals surface area contributed by atoms with Crippen LogP contribution in [0.15, 0.2) is 60.7 Å². The van der Waals surface area contributed by atoms with Crippen molar-refractivity contribution in [2.75, 3.05) is 27.2 Å². The second-order valence-electron chi connectivity index (χ2n) is 8.08. The Hall–Kier alpha value is -1.72. The third-order valence-electron chi connectivity index (χ3n) is 4.86. The first kappa shape index (κ1) is 20.0. The van der Waals surface area contributed by atoms with Crippen LogP contribution in [0.25, 0.3) is 0 Å². The van der Waals surface area contributed by atoms with Crippen molar-refractivity contribution in [1.29, 1.82) is 0 Å². The minimum atomic E-state index is -0.531. The van der Waals surface area contributed by atoms with E-state index in [0.717, 1.165) is 26.2 Å². The molecule has 2 aromatic rings. The summed E-state index contributed by atoms with van der Waals surface area (Å²) in [6.07, 6.45) is 0.124. The summed E-state index contributed by atoms with van der Waals surface area (Å²) in [5.41, 5.74) is 2.63. The molecule has 1 saturated heterocycles. The zero-order valence-corrected chi connectivity index (χ0v) is 17.0. The molecule has 0 bridgehead atoms. The summed E-state index contributed by atoms with van der Waals surface area (Å²) in [5.74, 6) is -0.531. The van der Waals surface area contributed by atoms with E-state index in [9.17, 15) is 0 Å². The maximum atomic E-state index is 6.23. The summed E-state index contributed by atoms with van der Waals surface area (Å²) in [4.78, 5) is 4.63. The van der Waals surface area contributed by atoms with Crippen molar-refractivity contribution < 1.29 is 9.47 Å². The van der Waals surface area contributed by atoms with E-state index in [0.29, 0.717) is 0 Å². The molecule has 4 nitrogen and oxygen atoms in total. The van der Waals surface area contributed by atoms with Gasteiger partial charge in [0.15, 0.2) is 5.79 Å². The van der Waals surface area contributed by atoms with Crippen molar-refractivity contribution in [3.05, 3.63) is 71.8 Å². The predicted octanol–water partition coefficient (Wildman–Crippen LogP) is 3.77. The van der Waals surface area contributed by atoms with E-state index < -0.39 is 5.79 Å². The molecule has 2 aromatic carbocycles. The Kier molecular flexibility index (Phi) is 6.66. The summed E-state index contributed by atoms with van der Waals surface area (Å²) in [6.45, 7) is 7.54. The molecule has 0 aliphatic carbocycles. The number of likely N-dealkylation sites (N-methyl/N-ethyl adjacent to an activating group) is 2. The van der Waals surface area contributed by atoms with Crippen molar-refractivity contribution in [3.8, 4) is 0 Å². The van der Waals surface area contributed by atoms with Gasteiger partial charge in [-0.3, -0.25) is 9.80 Å². The largest absolute Gasteiger partial charge is 0.343 e. The molecule has 146 valence electrons. The Morgan fingerprint density at radius 2 is 1.07 bits per heavy atom. The normalized spacial score (nSPS) is 21.9. The molecule has 3 rings (SSSR count). The van der Waals surface area contributed by atoms with Crippen LogP contribution in [0.5, 0.6) is 0 Å². The highest BCUT2D eigenvalue weighted by Crippen LogP contribution is 2.29. The van der Waals surface area contributed by atoms with Gasteiger partial charge in [-0.15, -0.1) is 0 Å². The average molecular weight is 369 g/mol. The van der Waals surface area contributed by atoms with Gasteiger partial charge in [-0.05, 0) is 39.1 Å². The molecule has 4 heteroatoms. The number of ether oxygens (including phenoxy) is 2. The first-order valence-corrected chi connectivity index (χ1v) is 9.72. The molecular weight excluding hydrogens is 336 g/mol. The molecule has 1 aliphatic rings. The van der Waals surface area contributed by atoms with Crippen molar-refractivity contribution in [2.45, 2.75) is 44.9 Å². The number of nitrogens with zero attached hydrogens (tertiary/aromatic N) is 2. The molecule has 0 N–H and O–H groups in total. The first-order chi connectivity index (χ1) is 12.9. The summed E-state index contributed by atoms with van der Waals surface area (Å²) in [7, 11) is 4.29. The quantitative estimate of drug-likeness (QED) is 0.708. The van der Waals surface area contributed by atoms with E-state index >= 15 is 0 Å². The average Bonchev–Trinajstić information content (AvgIpc) is 2.89. The number of hydrogen-bond acceptors (Lipinski definition) is 4. The number of benzene rings is 2. The summed E-state index contributed by atoms with van der Waals surface area (Å²) in [5, 5.41) is 0. The molecule has 1 aliphatic heterocycles. The third kappa shape index (κ3) is 6.15. The van der Waals surface area contributed by atoms with Crippen LogP contribution in [0.2, 0.25) is 0 Å². The lowest BCUT2D eigenvalue weighted by atomic mass is 10.1. The zero-order chi connectivity index (χ0) is 19.3. The van der Waals surface area contributed by atoms with Gasteiger partial charge in [0.1, 0.15) is 12.2 Å². The molecule has 1 fully saturated rings. The lowest BCUT2D eigenvalue weighted by Crippen LogP contribution is -2.41. The molecule has 27 heavy (non-hydrogen) atoms. The maximum Gasteiger partial charge on any atom is 0.163 e. The Labute approximate surface area is 163 Å². The topological polar surface area (TPSA) is 24.9 Å². The van der Waals surface area contributed by atoms with Crippen LogP contribution in [0, 0.1) is 0 Å². The standard InChI is InChI=1S/C23H32N2O2/c1-23(2)26-21(17-24(3)15-19-11-7-5-8-12-19)22(27-23)18-25(4)16-20-13-9-6-10-14-20/h5-14,21-22H,15-18H2,1-4H3/t21-,22-/m1/s1. The van der Waals surface area contributed by atoms with Gasteiger partial charge in [-0.2, -0.15) is 0 Å². The van der Waals surface area contributed by atoms with Gasteiger partial charge in [-0.25, -0.2) is 0 Å². The fraction of sp³-hybridized carbons (Fsp3) is 0.478. The van der Waals surface area contributed by atoms with E-state index in [1.165, 1.54) is 11.1 Å². The van der Waals surface area contributed by atoms with Gasteiger partial charge in [0.2, 0.25) is 0 Å². The lowest BCUT2D eigenvalue weighted by molar-refractivity contribution is -0.148. The second-order valence-corrected chi connectivity index (χ2v) is 8.08. The lowest BCUT2D eigenvalue weighted by Gasteiger charge is -2.26. The molecular formula is C23H32N2O2. The van der Waals surface area contributed by atoms with Gasteiger partial charge in [0.05, 0.1) is 0 Å². The van der Waals surface area contributed by atoms with Crippen LogP contribution in [-0.2, 0) is 22.6 Å². The molecule has 0 radical (unpaired) electrons. The van der Waals surface area contributed by atoms with E-state index in [1.54, 1.807) is 0 Å². The molecule has 0 saturated carbocycles. The monoisotopic (exact) mass is 368 g/mol. The highest BCUT2D eigenvalue weighted by atomic mass is 16.8. The van der Waals surface area contributed by atoms with E-state index in [4.69, 9.17) is 9.47 Å². The molecule has 0 unspecified atom stereocenters. The SMILES string of the molecule is CN(Cc1ccccc1)C[C@H]1OC(C)(C)O[C@@H]1CN(C)Cc1ccccc1. The summed E-state index contributed by atoms with van der Waals surface area (Å²) < 4.78 is 12.5. The van der Waals surface area contributed by atoms with Crippen LogP contribution in [0.4, 0.5) is 0 Å². The Morgan fingerprint density at radius 3 is 1.44 bits per heavy atom. The molecule has 1 heterocycles. The van der Waals surface area contributed by atoms with Crippen LogP contribution in [-0.4, -0.2) is 55.0 Å². The van der Waals surface area contributed by atoms with Crippen molar-refractivity contribution in [1.82, 2.24) is 9.80 Å². The fourth-order valence-corrected chi connectivity index (χ4v) is 3.75. The van der Waals surface area contributed by atoms with Gasteiger partial charge < -0.3 is 9.47 Å². The zero-order valence-electron chi connectivity index (χ0n) is 17.0. The maximum absolute atomic E-state index is 6.23. The minimum absolute atomic E-state index is 0.0620. The van der Waals surface area contributed by atoms with Gasteiger partial charge in [-0.1, -0.05) is 60.7 Å². The summed E-state index contributed by atoms with van der Waals surface area (Å²) >= 11 is 0. The fourth-order valence-electron chi connectivity index (χ4n) is 3.75. The smallest absolute Gasteiger partial charge is 0.163 e. The minimum Gasteiger partial charge on any atom is -0.343 e. The molecule has 0 aromatic heterocycles. The highest BCUT2D eigenvalue weighted by molar-refractivity contribution is 5.15. The number of rotatable bonds is 8. The van der Waals surface area contributed by atoms with Gasteiger partial charge in [0.25, 0.3) is 0 Å². The Morgan fingerprint density at radius 1 is 0.704 bits per heavy atom. The highest BCUT2D eigenvalue weighted by Gasteiger charge is 2.41. The van der Waals surface area contributed by atoms with E-state index in [-0.39, 0.29) is 12.2 Å². The van der Waals surface area contributed by atoms with Crippen LogP contribution < -0.4 is 0 Å². The van der Waals surface area contributed by atoms with Crippen molar-refractivity contribution in [2.24, 2.45) is 0 Å². The molecule has 0 spiro atoms. The van der Waals surface area contributed by atoms with E-state index in [1.807, 2.05) is 13.8 Å². The van der Waals surface area contributed by atoms with Gasteiger partial charge in [0, 0.05) is 26.2 Å². The second kappa shape index (κ2) is 8.98. The Bertz CT molecular complexity index is 631. The van der Waals surface area contributed by atoms with Crippen molar-refractivity contribution >= 4 is 0 Å². The predicted molar refractivity (Wildman–Crippen MR) is 109 cm³/mol. The van der Waals surface area contributed by atoms with E-state index in [2.05, 4.69) is 84.6 Å². The van der Waals surface area contributed by atoms with Gasteiger partial charge >= 0.3 is 0 Å². The number of hydrogen-bond donors (Lipinski definition) is 0. The third-order valence-corrected chi connectivity index (χ3v) is 4.86. The molecule has 0 amide bonds. The summed E-state index contributed by atoms with van der Waals surface area (Å²) in [6, 6.07) is 21.1. The van der Waals surface area contributed by atoms with Crippen LogP contribution in [0.1, 0.15) is 25.0 Å². The Balaban J connectivity index is 1.57. The van der Waals surface area contributed by atoms with Crippen LogP contribution >= 0.6 is 0 Å². The molecule has 2 atom stereocenters. The van der Waals surface area contributed by atoms with Crippen LogP contribution in [0.3, 0.4) is 0 Å².